The fourth-order valence-corrected chi connectivity index (χ4v) is 3.89. The van der Waals surface area contributed by atoms with Crippen molar-refractivity contribution in [3.05, 3.63) is 107 Å². The van der Waals surface area contributed by atoms with Crippen molar-refractivity contribution < 1.29 is 9.53 Å². The second kappa shape index (κ2) is 12.0. The normalized spacial score (nSPS) is 10.7. The zero-order valence-electron chi connectivity index (χ0n) is 18.0. The Bertz CT molecular complexity index is 835. The standard InChI is InChI=1S/C28H32O2/c1-30-28(29)27-21-25(18-10-8-16-23-12-4-2-5-13-23)20-26(22-27)19-11-9-17-24-14-6-3-7-15-24/h2-7,12-15,20-22H,8-11,16-19H2,1H3. The molecular weight excluding hydrogens is 368 g/mol. The molecule has 0 heterocycles. The number of carbonyl (C=O) groups is 1. The van der Waals surface area contributed by atoms with Crippen molar-refractivity contribution in [1.29, 1.82) is 0 Å². The molecule has 0 aliphatic heterocycles. The van der Waals surface area contributed by atoms with Crippen LogP contribution in [0.15, 0.2) is 78.9 Å². The molecule has 0 bridgehead atoms. The average Bonchev–Trinajstić information content (AvgIpc) is 2.80. The summed E-state index contributed by atoms with van der Waals surface area (Å²) in [5.41, 5.74) is 5.93. The first kappa shape index (κ1) is 21.8. The van der Waals surface area contributed by atoms with Gasteiger partial charge in [0, 0.05) is 0 Å². The first-order valence-corrected chi connectivity index (χ1v) is 11.0. The number of rotatable bonds is 11. The van der Waals surface area contributed by atoms with Gasteiger partial charge in [-0.25, -0.2) is 4.79 Å². The summed E-state index contributed by atoms with van der Waals surface area (Å²) in [6, 6.07) is 27.5. The molecule has 3 rings (SSSR count). The van der Waals surface area contributed by atoms with Crippen LogP contribution < -0.4 is 0 Å². The molecule has 3 aromatic rings. The van der Waals surface area contributed by atoms with Gasteiger partial charge in [-0.15, -0.1) is 0 Å². The number of methoxy groups -OCH3 is 1. The van der Waals surface area contributed by atoms with E-state index in [0.29, 0.717) is 5.56 Å². The second-order valence-corrected chi connectivity index (χ2v) is 7.92. The molecule has 0 amide bonds. The number of hydrogen-bond donors (Lipinski definition) is 0. The molecule has 0 atom stereocenters. The van der Waals surface area contributed by atoms with Gasteiger partial charge >= 0.3 is 5.97 Å². The van der Waals surface area contributed by atoms with E-state index < -0.39 is 0 Å². The van der Waals surface area contributed by atoms with Crippen LogP contribution in [0.3, 0.4) is 0 Å². The fraction of sp³-hybridized carbons (Fsp3) is 0.321. The van der Waals surface area contributed by atoms with Gasteiger partial charge in [0.2, 0.25) is 0 Å². The molecule has 0 aliphatic carbocycles. The Morgan fingerprint density at radius 2 is 1.00 bits per heavy atom. The van der Waals surface area contributed by atoms with Crippen molar-refractivity contribution in [3.8, 4) is 0 Å². The van der Waals surface area contributed by atoms with E-state index in [-0.39, 0.29) is 5.97 Å². The Morgan fingerprint density at radius 3 is 1.40 bits per heavy atom. The first-order chi connectivity index (χ1) is 14.7. The molecule has 0 radical (unpaired) electrons. The summed E-state index contributed by atoms with van der Waals surface area (Å²) >= 11 is 0. The first-order valence-electron chi connectivity index (χ1n) is 11.0. The minimum Gasteiger partial charge on any atom is -0.465 e. The highest BCUT2D eigenvalue weighted by atomic mass is 16.5. The van der Waals surface area contributed by atoms with Crippen LogP contribution in [0.2, 0.25) is 0 Å². The maximum Gasteiger partial charge on any atom is 0.337 e. The number of hydrogen-bond acceptors (Lipinski definition) is 2. The average molecular weight is 401 g/mol. The van der Waals surface area contributed by atoms with E-state index in [1.807, 2.05) is 12.1 Å². The Hall–Kier alpha value is -2.87. The topological polar surface area (TPSA) is 26.3 Å². The maximum absolute atomic E-state index is 12.1. The fourth-order valence-electron chi connectivity index (χ4n) is 3.89. The Kier molecular flexibility index (Phi) is 8.71. The summed E-state index contributed by atoms with van der Waals surface area (Å²) in [7, 11) is 1.45. The van der Waals surface area contributed by atoms with E-state index in [0.717, 1.165) is 51.4 Å². The van der Waals surface area contributed by atoms with E-state index in [9.17, 15) is 4.79 Å². The molecule has 0 saturated heterocycles. The van der Waals surface area contributed by atoms with Gasteiger partial charge in [-0.2, -0.15) is 0 Å². The molecule has 0 N–H and O–H groups in total. The molecule has 30 heavy (non-hydrogen) atoms. The molecule has 0 aromatic heterocycles. The molecule has 0 spiro atoms. The predicted octanol–water partition coefficient (Wildman–Crippen LogP) is 6.60. The SMILES string of the molecule is COC(=O)c1cc(CCCCc2ccccc2)cc(CCCCc2ccccc2)c1. The maximum atomic E-state index is 12.1. The van der Waals surface area contributed by atoms with Crippen molar-refractivity contribution in [2.75, 3.05) is 7.11 Å². The van der Waals surface area contributed by atoms with E-state index in [1.165, 1.54) is 29.4 Å². The molecule has 156 valence electrons. The third-order valence-corrected chi connectivity index (χ3v) is 5.52. The summed E-state index contributed by atoms with van der Waals surface area (Å²) in [5, 5.41) is 0. The molecule has 3 aromatic carbocycles. The Balaban J connectivity index is 1.53. The monoisotopic (exact) mass is 400 g/mol. The van der Waals surface area contributed by atoms with Gasteiger partial charge < -0.3 is 4.74 Å². The van der Waals surface area contributed by atoms with Crippen LogP contribution in [0.1, 0.15) is 58.3 Å². The lowest BCUT2D eigenvalue weighted by Crippen LogP contribution is -2.04. The summed E-state index contributed by atoms with van der Waals surface area (Å²) in [4.78, 5) is 12.1. The molecule has 2 heteroatoms. The van der Waals surface area contributed by atoms with Crippen LogP contribution in [-0.4, -0.2) is 13.1 Å². The van der Waals surface area contributed by atoms with Crippen LogP contribution in [-0.2, 0) is 30.4 Å². The van der Waals surface area contributed by atoms with E-state index in [2.05, 4.69) is 66.7 Å². The smallest absolute Gasteiger partial charge is 0.337 e. The molecule has 0 fully saturated rings. The molecule has 0 saturated carbocycles. The van der Waals surface area contributed by atoms with Crippen molar-refractivity contribution in [3.63, 3.8) is 0 Å². The number of esters is 1. The second-order valence-electron chi connectivity index (χ2n) is 7.92. The minimum absolute atomic E-state index is 0.244. The minimum atomic E-state index is -0.244. The summed E-state index contributed by atoms with van der Waals surface area (Å²) in [6.07, 6.45) is 8.73. The number of aryl methyl sites for hydroxylation is 4. The van der Waals surface area contributed by atoms with Crippen molar-refractivity contribution in [2.45, 2.75) is 51.4 Å². The van der Waals surface area contributed by atoms with Gasteiger partial charge in [0.1, 0.15) is 0 Å². The van der Waals surface area contributed by atoms with Crippen LogP contribution >= 0.6 is 0 Å². The number of benzene rings is 3. The molecule has 2 nitrogen and oxygen atoms in total. The zero-order chi connectivity index (χ0) is 21.0. The highest BCUT2D eigenvalue weighted by Gasteiger charge is 2.09. The Morgan fingerprint density at radius 1 is 0.600 bits per heavy atom. The van der Waals surface area contributed by atoms with Crippen LogP contribution in [0.4, 0.5) is 0 Å². The van der Waals surface area contributed by atoms with Gasteiger partial charge in [0.05, 0.1) is 12.7 Å². The number of unbranched alkanes of at least 4 members (excludes halogenated alkanes) is 2. The van der Waals surface area contributed by atoms with E-state index >= 15 is 0 Å². The number of carbonyl (C=O) groups excluding carboxylic acids is 1. The van der Waals surface area contributed by atoms with Crippen molar-refractivity contribution in [1.82, 2.24) is 0 Å². The van der Waals surface area contributed by atoms with Gasteiger partial charge in [-0.1, -0.05) is 66.7 Å². The number of ether oxygens (including phenoxy) is 1. The highest BCUT2D eigenvalue weighted by Crippen LogP contribution is 2.17. The summed E-state index contributed by atoms with van der Waals surface area (Å²) in [5.74, 6) is -0.244. The zero-order valence-corrected chi connectivity index (χ0v) is 18.0. The quantitative estimate of drug-likeness (QED) is 0.268. The summed E-state index contributed by atoms with van der Waals surface area (Å²) < 4.78 is 4.97. The lowest BCUT2D eigenvalue weighted by atomic mass is 9.97. The summed E-state index contributed by atoms with van der Waals surface area (Å²) in [6.45, 7) is 0. The lowest BCUT2D eigenvalue weighted by Gasteiger charge is -2.10. The van der Waals surface area contributed by atoms with Gasteiger partial charge in [0.25, 0.3) is 0 Å². The molecule has 0 unspecified atom stereocenters. The molecule has 0 aliphatic rings. The van der Waals surface area contributed by atoms with Crippen molar-refractivity contribution >= 4 is 5.97 Å². The van der Waals surface area contributed by atoms with Crippen LogP contribution in [0.5, 0.6) is 0 Å². The predicted molar refractivity (Wildman–Crippen MR) is 124 cm³/mol. The van der Waals surface area contributed by atoms with Gasteiger partial charge in [-0.05, 0) is 85.8 Å². The van der Waals surface area contributed by atoms with Crippen LogP contribution in [0.25, 0.3) is 0 Å². The lowest BCUT2D eigenvalue weighted by molar-refractivity contribution is 0.0600. The van der Waals surface area contributed by atoms with E-state index in [4.69, 9.17) is 4.74 Å². The molecular formula is C28H32O2. The van der Waals surface area contributed by atoms with Gasteiger partial charge in [0.15, 0.2) is 0 Å². The van der Waals surface area contributed by atoms with Gasteiger partial charge in [-0.3, -0.25) is 0 Å². The van der Waals surface area contributed by atoms with Crippen LogP contribution in [0, 0.1) is 0 Å². The highest BCUT2D eigenvalue weighted by molar-refractivity contribution is 5.89. The largest absolute Gasteiger partial charge is 0.465 e. The third-order valence-electron chi connectivity index (χ3n) is 5.52. The third kappa shape index (κ3) is 7.18. The van der Waals surface area contributed by atoms with Crippen molar-refractivity contribution in [2.24, 2.45) is 0 Å². The Labute approximate surface area is 180 Å². The van der Waals surface area contributed by atoms with E-state index in [1.54, 1.807) is 0 Å².